The van der Waals surface area contributed by atoms with Crippen molar-refractivity contribution in [2.24, 2.45) is 0 Å². The minimum atomic E-state index is -0.489. The zero-order valence-corrected chi connectivity index (χ0v) is 7.56. The number of nitrogens with zero attached hydrogens (tertiary/aromatic N) is 1. The van der Waals surface area contributed by atoms with Crippen LogP contribution in [-0.4, -0.2) is 41.7 Å². The van der Waals surface area contributed by atoms with Gasteiger partial charge < -0.3 is 10.2 Å². The molecule has 0 spiro atoms. The first kappa shape index (κ1) is 8.52. The molecule has 1 heterocycles. The first-order valence-corrected chi connectivity index (χ1v) is 4.51. The van der Waals surface area contributed by atoms with Crippen LogP contribution in [0.4, 0.5) is 0 Å². The fraction of sp³-hybridized carbons (Fsp3) is 0.667. The summed E-state index contributed by atoms with van der Waals surface area (Å²) in [5.41, 5.74) is 0. The molecule has 0 radical (unpaired) electrons. The van der Waals surface area contributed by atoms with Gasteiger partial charge in [0, 0.05) is 25.0 Å². The molecule has 62 valence electrons. The van der Waals surface area contributed by atoms with Crippen LogP contribution in [0, 0.1) is 0 Å². The van der Waals surface area contributed by atoms with Crippen molar-refractivity contribution in [1.29, 1.82) is 0 Å². The number of alkyl halides is 1. The normalized spacial score (nSPS) is 18.5. The maximum atomic E-state index is 11.0. The van der Waals surface area contributed by atoms with E-state index in [4.69, 9.17) is 0 Å². The van der Waals surface area contributed by atoms with Crippen LogP contribution in [0.2, 0.25) is 0 Å². The first-order chi connectivity index (χ1) is 5.25. The van der Waals surface area contributed by atoms with Gasteiger partial charge in [0.05, 0.1) is 0 Å². The Balaban J connectivity index is 2.51. The van der Waals surface area contributed by atoms with Gasteiger partial charge in [-0.1, -0.05) is 15.9 Å². The lowest BCUT2D eigenvalue weighted by Gasteiger charge is -2.25. The van der Waals surface area contributed by atoms with E-state index in [0.717, 1.165) is 0 Å². The predicted octanol–water partition coefficient (Wildman–Crippen LogP) is -0.660. The second kappa shape index (κ2) is 3.71. The van der Waals surface area contributed by atoms with E-state index in [1.807, 2.05) is 0 Å². The van der Waals surface area contributed by atoms with Crippen molar-refractivity contribution in [3.63, 3.8) is 0 Å². The van der Waals surface area contributed by atoms with E-state index < -0.39 is 11.8 Å². The number of halogens is 1. The molecule has 1 saturated heterocycles. The molecule has 1 aliphatic heterocycles. The lowest BCUT2D eigenvalue weighted by molar-refractivity contribution is -0.147. The van der Waals surface area contributed by atoms with E-state index in [1.165, 1.54) is 4.90 Å². The first-order valence-electron chi connectivity index (χ1n) is 3.39. The quantitative estimate of drug-likeness (QED) is 0.497. The predicted molar refractivity (Wildman–Crippen MR) is 43.4 cm³/mol. The summed E-state index contributed by atoms with van der Waals surface area (Å²) in [6.45, 7) is 1.79. The maximum absolute atomic E-state index is 11.0. The summed E-state index contributed by atoms with van der Waals surface area (Å²) in [6, 6.07) is 0. The molecule has 4 nitrogen and oxygen atoms in total. The van der Waals surface area contributed by atoms with E-state index >= 15 is 0 Å². The highest BCUT2D eigenvalue weighted by Crippen LogP contribution is 1.96. The fourth-order valence-electron chi connectivity index (χ4n) is 0.941. The Morgan fingerprint density at radius 2 is 2.27 bits per heavy atom. The third-order valence-corrected chi connectivity index (χ3v) is 1.86. The van der Waals surface area contributed by atoms with Gasteiger partial charge in [0.25, 0.3) is 0 Å². The van der Waals surface area contributed by atoms with E-state index in [1.54, 1.807) is 0 Å². The van der Waals surface area contributed by atoms with Crippen LogP contribution in [0.25, 0.3) is 0 Å². The van der Waals surface area contributed by atoms with Gasteiger partial charge in [-0.2, -0.15) is 0 Å². The van der Waals surface area contributed by atoms with Crippen LogP contribution in [0.15, 0.2) is 0 Å². The van der Waals surface area contributed by atoms with Crippen molar-refractivity contribution < 1.29 is 9.59 Å². The highest BCUT2D eigenvalue weighted by molar-refractivity contribution is 9.09. The summed E-state index contributed by atoms with van der Waals surface area (Å²) >= 11 is 3.21. The van der Waals surface area contributed by atoms with Crippen LogP contribution in [0.1, 0.15) is 0 Å². The van der Waals surface area contributed by atoms with Crippen molar-refractivity contribution in [1.82, 2.24) is 10.2 Å². The minimum Gasteiger partial charge on any atom is -0.346 e. The lowest BCUT2D eigenvalue weighted by Crippen LogP contribution is -2.52. The Morgan fingerprint density at radius 3 is 2.91 bits per heavy atom. The van der Waals surface area contributed by atoms with Crippen LogP contribution in [0.3, 0.4) is 0 Å². The summed E-state index contributed by atoms with van der Waals surface area (Å²) in [7, 11) is 0. The largest absolute Gasteiger partial charge is 0.346 e. The number of hydrogen-bond donors (Lipinski definition) is 1. The molecular formula is C6H9BrN2O2. The molecule has 0 aliphatic carbocycles. The Bertz CT molecular complexity index is 181. The SMILES string of the molecule is O=C1NCCN(CCBr)C1=O. The molecule has 0 saturated carbocycles. The highest BCUT2D eigenvalue weighted by Gasteiger charge is 2.24. The van der Waals surface area contributed by atoms with Crippen molar-refractivity contribution in [2.75, 3.05) is 25.0 Å². The molecule has 1 aliphatic rings. The smallest absolute Gasteiger partial charge is 0.311 e. The molecule has 1 rings (SSSR count). The standard InChI is InChI=1S/C6H9BrN2O2/c7-1-3-9-4-2-8-5(10)6(9)11/h1-4H2,(H,8,10). The van der Waals surface area contributed by atoms with Crippen LogP contribution in [0.5, 0.6) is 0 Å². The zero-order chi connectivity index (χ0) is 8.27. The van der Waals surface area contributed by atoms with Gasteiger partial charge in [-0.25, -0.2) is 0 Å². The molecule has 2 amide bonds. The summed E-state index contributed by atoms with van der Waals surface area (Å²) in [5.74, 6) is -0.909. The second-order valence-corrected chi connectivity index (χ2v) is 3.03. The summed E-state index contributed by atoms with van der Waals surface area (Å²) in [5, 5.41) is 3.19. The Kier molecular flexibility index (Phi) is 2.87. The number of hydrogen-bond acceptors (Lipinski definition) is 2. The second-order valence-electron chi connectivity index (χ2n) is 2.24. The summed E-state index contributed by atoms with van der Waals surface area (Å²) in [4.78, 5) is 23.3. The van der Waals surface area contributed by atoms with Crippen molar-refractivity contribution in [3.8, 4) is 0 Å². The van der Waals surface area contributed by atoms with Crippen molar-refractivity contribution in [3.05, 3.63) is 0 Å². The Labute approximate surface area is 73.1 Å². The number of amides is 2. The molecule has 0 aromatic carbocycles. The van der Waals surface area contributed by atoms with Gasteiger partial charge in [-0.15, -0.1) is 0 Å². The summed E-state index contributed by atoms with van der Waals surface area (Å²) in [6.07, 6.45) is 0. The molecule has 0 atom stereocenters. The van der Waals surface area contributed by atoms with Crippen LogP contribution < -0.4 is 5.32 Å². The van der Waals surface area contributed by atoms with E-state index in [2.05, 4.69) is 21.2 Å². The van der Waals surface area contributed by atoms with Crippen LogP contribution in [-0.2, 0) is 9.59 Å². The van der Waals surface area contributed by atoms with E-state index in [9.17, 15) is 9.59 Å². The Morgan fingerprint density at radius 1 is 1.55 bits per heavy atom. The van der Waals surface area contributed by atoms with Gasteiger partial charge in [0.1, 0.15) is 0 Å². The average molecular weight is 221 g/mol. The van der Waals surface area contributed by atoms with Gasteiger partial charge in [-0.05, 0) is 0 Å². The molecule has 1 N–H and O–H groups in total. The van der Waals surface area contributed by atoms with Gasteiger partial charge in [0.2, 0.25) is 0 Å². The molecule has 5 heteroatoms. The van der Waals surface area contributed by atoms with Gasteiger partial charge in [-0.3, -0.25) is 9.59 Å². The molecule has 1 fully saturated rings. The highest BCUT2D eigenvalue weighted by atomic mass is 79.9. The molecule has 0 bridgehead atoms. The molecule has 11 heavy (non-hydrogen) atoms. The maximum Gasteiger partial charge on any atom is 0.311 e. The van der Waals surface area contributed by atoms with Gasteiger partial charge in [0.15, 0.2) is 0 Å². The van der Waals surface area contributed by atoms with Gasteiger partial charge >= 0.3 is 11.8 Å². The number of carbonyl (C=O) groups is 2. The number of piperazine rings is 1. The topological polar surface area (TPSA) is 49.4 Å². The monoisotopic (exact) mass is 220 g/mol. The zero-order valence-electron chi connectivity index (χ0n) is 5.97. The fourth-order valence-corrected chi connectivity index (χ4v) is 1.37. The lowest BCUT2D eigenvalue weighted by atomic mass is 10.3. The minimum absolute atomic E-state index is 0.421. The molecule has 0 aromatic heterocycles. The third kappa shape index (κ3) is 1.92. The third-order valence-electron chi connectivity index (χ3n) is 1.50. The van der Waals surface area contributed by atoms with Crippen molar-refractivity contribution in [2.45, 2.75) is 0 Å². The number of rotatable bonds is 2. The summed E-state index contributed by atoms with van der Waals surface area (Å²) < 4.78 is 0. The molecular weight excluding hydrogens is 212 g/mol. The van der Waals surface area contributed by atoms with E-state index in [-0.39, 0.29) is 0 Å². The number of nitrogens with one attached hydrogen (secondary N) is 1. The Hall–Kier alpha value is -0.580. The van der Waals surface area contributed by atoms with Crippen LogP contribution >= 0.6 is 15.9 Å². The molecule has 0 unspecified atom stereocenters. The van der Waals surface area contributed by atoms with Crippen molar-refractivity contribution >= 4 is 27.7 Å². The average Bonchev–Trinajstić information content (AvgIpc) is 1.99. The molecule has 0 aromatic rings. The van der Waals surface area contributed by atoms with E-state index in [0.29, 0.717) is 25.0 Å². The number of carbonyl (C=O) groups excluding carboxylic acids is 2.